The van der Waals surface area contributed by atoms with E-state index in [4.69, 9.17) is 29.7 Å². The normalized spacial score (nSPS) is 4.80. The van der Waals surface area contributed by atoms with E-state index < -0.39 is 15.9 Å². The quantitative estimate of drug-likeness (QED) is 0.315. The van der Waals surface area contributed by atoms with Crippen molar-refractivity contribution < 1.29 is 29.7 Å². The van der Waals surface area contributed by atoms with Gasteiger partial charge in [-0.05, 0) is 0 Å². The Morgan fingerprint density at radius 3 is 0.600 bits per heavy atom. The molecule has 0 fully saturated rings. The van der Waals surface area contributed by atoms with Crippen LogP contribution in [0.25, 0.3) is 0 Å². The molecule has 0 saturated heterocycles. The van der Waals surface area contributed by atoms with Crippen molar-refractivity contribution in [2.24, 2.45) is 0 Å². The van der Waals surface area contributed by atoms with Gasteiger partial charge >= 0.3 is 113 Å². The molecule has 6 nitrogen and oxygen atoms in total. The van der Waals surface area contributed by atoms with Crippen molar-refractivity contribution in [3.05, 3.63) is 0 Å². The molecule has 0 aliphatic carbocycles. The third-order valence-electron chi connectivity index (χ3n) is 0. The fourth-order valence-electron chi connectivity index (χ4n) is 0. The molecule has 0 heterocycles. The van der Waals surface area contributed by atoms with Gasteiger partial charge in [-0.2, -0.15) is 0 Å². The van der Waals surface area contributed by atoms with E-state index >= 15 is 0 Å². The Morgan fingerprint density at radius 1 is 0.600 bits per heavy atom. The molecular weight excluding hydrogens is 348 g/mol. The molecule has 0 aromatic heterocycles. The molecule has 12 heteroatoms. The first-order chi connectivity index (χ1) is 5.20. The molecule has 72 valence electrons. The molecule has 0 atom stereocenters. The first-order valence-electron chi connectivity index (χ1n) is 1.84. The van der Waals surface area contributed by atoms with Gasteiger partial charge in [-0.3, -0.25) is 0 Å². The molecule has 0 aliphatic rings. The van der Waals surface area contributed by atoms with Gasteiger partial charge in [0.1, 0.15) is 0 Å². The van der Waals surface area contributed by atoms with Crippen LogP contribution in [0.15, 0.2) is 0 Å². The van der Waals surface area contributed by atoms with E-state index in [2.05, 4.69) is 37.9 Å². The fraction of sp³-hybridized carbons (Fsp3) is 0. The van der Waals surface area contributed by atoms with E-state index in [0.717, 1.165) is 0 Å². The first-order valence-corrected chi connectivity index (χ1v) is 3.06. The number of carboxylic acid groups (broad SMARTS) is 3. The second kappa shape index (κ2) is 30.1. The second-order valence-electron chi connectivity index (χ2n) is 0.750. The van der Waals surface area contributed by atoms with E-state index in [1.165, 1.54) is 0 Å². The molecule has 0 aliphatic heterocycles. The minimum atomic E-state index is -1.50. The zero-order valence-electron chi connectivity index (χ0n) is 7.30. The minimum Gasteiger partial charge on any atom is -0.764 e. The summed E-state index contributed by atoms with van der Waals surface area (Å²) in [6.07, 6.45) is 0. The molecule has 0 N–H and O–H groups in total. The van der Waals surface area contributed by atoms with Crippen LogP contribution in [0.2, 0.25) is 0 Å². The molecule has 0 rings (SSSR count). The summed E-state index contributed by atoms with van der Waals surface area (Å²) in [4.78, 5) is 26.1. The number of hydrogen-bond acceptors (Lipinski definition) is 9. The maximum Gasteiger partial charge on any atom is 2.00 e. The minimum absolute atomic E-state index is 0. The number of carbonyl (C=O) groups excluding carboxylic acids is 3. The summed E-state index contributed by atoms with van der Waals surface area (Å²) in [5.74, 6) is 0. The van der Waals surface area contributed by atoms with Crippen LogP contribution < -0.4 is 15.3 Å². The predicted molar refractivity (Wildman–Crippen MR) is 55.5 cm³/mol. The van der Waals surface area contributed by atoms with Gasteiger partial charge in [-0.25, -0.2) is 0 Å². The average molecular weight is 348 g/mol. The van der Waals surface area contributed by atoms with Gasteiger partial charge in [0, 0.05) is 0 Å². The molecule has 0 saturated carbocycles. The number of hydrogen-bond donors (Lipinski definition) is 0. The molecule has 0 radical (unpaired) electrons. The molecular formula is C3Ca3O6S3. The SMILES string of the molecule is O=C([O-])[S-].O=C([O-])[S-].O=C([O-])[S-].[Ca+2].[Ca+2].[Ca+2]. The summed E-state index contributed by atoms with van der Waals surface area (Å²) < 4.78 is 0. The Labute approximate surface area is 192 Å². The van der Waals surface area contributed by atoms with Crippen molar-refractivity contribution >= 4 is 167 Å². The monoisotopic (exact) mass is 348 g/mol. The van der Waals surface area contributed by atoms with Crippen LogP contribution in [0, 0.1) is 0 Å². The molecule has 0 unspecified atom stereocenters. The van der Waals surface area contributed by atoms with Gasteiger partial charge < -0.3 is 67.6 Å². The molecule has 15 heavy (non-hydrogen) atoms. The van der Waals surface area contributed by atoms with Gasteiger partial charge in [0.05, 0.1) is 0 Å². The number of rotatable bonds is 0. The van der Waals surface area contributed by atoms with Gasteiger partial charge in [-0.15, -0.1) is 0 Å². The van der Waals surface area contributed by atoms with Gasteiger partial charge in [-0.1, -0.05) is 15.9 Å². The average Bonchev–Trinajstić information content (AvgIpc) is 1.54. The van der Waals surface area contributed by atoms with Crippen molar-refractivity contribution in [3.63, 3.8) is 0 Å². The van der Waals surface area contributed by atoms with Gasteiger partial charge in [0.2, 0.25) is 0 Å². The third kappa shape index (κ3) is 458. The molecule has 0 bridgehead atoms. The Hall–Kier alpha value is 2.85. The zero-order chi connectivity index (χ0) is 10.7. The van der Waals surface area contributed by atoms with Crippen molar-refractivity contribution in [1.29, 1.82) is 0 Å². The molecule has 0 spiro atoms. The smallest absolute Gasteiger partial charge is 0.764 e. The summed E-state index contributed by atoms with van der Waals surface area (Å²) in [5.41, 5.74) is 0. The van der Waals surface area contributed by atoms with Crippen LogP contribution >= 0.6 is 0 Å². The zero-order valence-corrected chi connectivity index (χ0v) is 16.4. The first kappa shape index (κ1) is 36.1. The van der Waals surface area contributed by atoms with Crippen molar-refractivity contribution in [3.8, 4) is 0 Å². The van der Waals surface area contributed by atoms with Crippen LogP contribution in [0.1, 0.15) is 0 Å². The topological polar surface area (TPSA) is 120 Å². The van der Waals surface area contributed by atoms with Crippen LogP contribution in [-0.4, -0.2) is 129 Å². The van der Waals surface area contributed by atoms with Crippen molar-refractivity contribution in [2.45, 2.75) is 0 Å². The molecule has 0 aromatic rings. The fourth-order valence-corrected chi connectivity index (χ4v) is 0. The van der Waals surface area contributed by atoms with E-state index in [-0.39, 0.29) is 113 Å². The maximum atomic E-state index is 8.70. The maximum absolute atomic E-state index is 8.70. The summed E-state index contributed by atoms with van der Waals surface area (Å²) >= 11 is 10.3. The van der Waals surface area contributed by atoms with E-state index in [9.17, 15) is 0 Å². The summed E-state index contributed by atoms with van der Waals surface area (Å²) in [5, 5.41) is 21.6. The van der Waals surface area contributed by atoms with Gasteiger partial charge in [0.15, 0.2) is 0 Å². The van der Waals surface area contributed by atoms with E-state index in [0.29, 0.717) is 0 Å². The Bertz CT molecular complexity index is 126. The summed E-state index contributed by atoms with van der Waals surface area (Å²) in [6, 6.07) is 0. The summed E-state index contributed by atoms with van der Waals surface area (Å²) in [6.45, 7) is 0. The van der Waals surface area contributed by atoms with Crippen LogP contribution in [0.3, 0.4) is 0 Å². The Balaban J connectivity index is -0.0000000184. The third-order valence-corrected chi connectivity index (χ3v) is 0. The number of carbonyl (C=O) groups is 3. The van der Waals surface area contributed by atoms with E-state index in [1.807, 2.05) is 0 Å². The Morgan fingerprint density at radius 2 is 0.600 bits per heavy atom. The van der Waals surface area contributed by atoms with Crippen molar-refractivity contribution in [1.82, 2.24) is 0 Å². The Kier molecular flexibility index (Phi) is 72.5. The predicted octanol–water partition coefficient (Wildman–Crippen LogP) is -4.51. The van der Waals surface area contributed by atoms with Gasteiger partial charge in [0.25, 0.3) is 0 Å². The molecule has 0 amide bonds. The second-order valence-corrected chi connectivity index (χ2v) is 1.75. The van der Waals surface area contributed by atoms with Crippen LogP contribution in [-0.2, 0) is 37.9 Å². The van der Waals surface area contributed by atoms with Crippen LogP contribution in [0.5, 0.6) is 0 Å². The van der Waals surface area contributed by atoms with E-state index in [1.54, 1.807) is 0 Å². The largest absolute Gasteiger partial charge is 2.00 e. The standard InChI is InChI=1S/3CH2O2S.3Ca/c3*2-1(3)4;;;/h3*4H,(H,2,3);;;/q;;;3*+2/p-6. The summed E-state index contributed by atoms with van der Waals surface area (Å²) in [7, 11) is 0. The van der Waals surface area contributed by atoms with Crippen molar-refractivity contribution in [2.75, 3.05) is 0 Å². The van der Waals surface area contributed by atoms with Crippen LogP contribution in [0.4, 0.5) is 14.4 Å². The molecule has 0 aromatic carbocycles.